The van der Waals surface area contributed by atoms with E-state index in [2.05, 4.69) is 20.3 Å². The van der Waals surface area contributed by atoms with Crippen LogP contribution in [0.15, 0.2) is 35.8 Å². The Kier molecular flexibility index (Phi) is 3.58. The van der Waals surface area contributed by atoms with Gasteiger partial charge in [0.25, 0.3) is 0 Å². The van der Waals surface area contributed by atoms with Gasteiger partial charge in [0.2, 0.25) is 5.91 Å². The molecule has 1 aromatic carbocycles. The van der Waals surface area contributed by atoms with E-state index >= 15 is 0 Å². The third-order valence-corrected chi connectivity index (χ3v) is 3.59. The minimum atomic E-state index is -0.216. The van der Waals surface area contributed by atoms with Crippen molar-refractivity contribution in [3.8, 4) is 0 Å². The van der Waals surface area contributed by atoms with Crippen LogP contribution in [0, 0.1) is 0 Å². The number of anilines is 1. The summed E-state index contributed by atoms with van der Waals surface area (Å²) < 4.78 is 0. The molecule has 3 aromatic rings. The monoisotopic (exact) mass is 304 g/mol. The van der Waals surface area contributed by atoms with Gasteiger partial charge < -0.3 is 5.32 Å². The minimum absolute atomic E-state index is 0.0657. The molecule has 2 heterocycles. The summed E-state index contributed by atoms with van der Waals surface area (Å²) in [7, 11) is 0. The van der Waals surface area contributed by atoms with Gasteiger partial charge in [0.15, 0.2) is 10.3 Å². The first-order valence-corrected chi connectivity index (χ1v) is 7.08. The highest BCUT2D eigenvalue weighted by Gasteiger charge is 2.12. The highest BCUT2D eigenvalue weighted by molar-refractivity contribution is 7.13. The fourth-order valence-electron chi connectivity index (χ4n) is 1.73. The summed E-state index contributed by atoms with van der Waals surface area (Å²) in [4.78, 5) is 24.5. The number of para-hydroxylation sites is 2. The number of rotatable bonds is 3. The summed E-state index contributed by atoms with van der Waals surface area (Å²) in [6, 6.07) is 7.39. The molecule has 0 radical (unpaired) electrons. The summed E-state index contributed by atoms with van der Waals surface area (Å²) in [6.07, 6.45) is 1.69. The zero-order chi connectivity index (χ0) is 13.9. The van der Waals surface area contributed by atoms with Crippen LogP contribution in [-0.4, -0.2) is 20.9 Å². The molecule has 0 atom stereocenters. The Hall–Kier alpha value is -2.05. The number of fused-ring (bicyclic) bond motifs is 1. The van der Waals surface area contributed by atoms with E-state index in [1.165, 1.54) is 11.3 Å². The third kappa shape index (κ3) is 2.76. The van der Waals surface area contributed by atoms with Gasteiger partial charge in [-0.3, -0.25) is 4.79 Å². The van der Waals surface area contributed by atoms with Crippen molar-refractivity contribution in [3.05, 3.63) is 46.7 Å². The van der Waals surface area contributed by atoms with Crippen LogP contribution in [0.1, 0.15) is 5.69 Å². The molecule has 2 aromatic heterocycles. The van der Waals surface area contributed by atoms with E-state index in [4.69, 9.17) is 11.6 Å². The molecule has 0 aliphatic heterocycles. The number of benzene rings is 1. The number of amides is 1. The van der Waals surface area contributed by atoms with Crippen molar-refractivity contribution < 1.29 is 4.79 Å². The van der Waals surface area contributed by atoms with Crippen LogP contribution in [0.2, 0.25) is 5.15 Å². The van der Waals surface area contributed by atoms with Gasteiger partial charge in [-0.2, -0.15) is 0 Å². The lowest BCUT2D eigenvalue weighted by molar-refractivity contribution is -0.115. The largest absolute Gasteiger partial charge is 0.302 e. The Morgan fingerprint density at radius 3 is 2.70 bits per heavy atom. The topological polar surface area (TPSA) is 67.8 Å². The summed E-state index contributed by atoms with van der Waals surface area (Å²) in [5, 5.41) is 5.28. The van der Waals surface area contributed by atoms with Gasteiger partial charge in [0.1, 0.15) is 0 Å². The van der Waals surface area contributed by atoms with Gasteiger partial charge in [-0.25, -0.2) is 15.0 Å². The molecule has 1 amide bonds. The van der Waals surface area contributed by atoms with Gasteiger partial charge in [0.05, 0.1) is 23.1 Å². The zero-order valence-electron chi connectivity index (χ0n) is 10.2. The molecule has 0 fully saturated rings. The van der Waals surface area contributed by atoms with Crippen LogP contribution in [0.4, 0.5) is 5.13 Å². The fourth-order valence-corrected chi connectivity index (χ4v) is 2.47. The van der Waals surface area contributed by atoms with Gasteiger partial charge in [-0.1, -0.05) is 23.7 Å². The second kappa shape index (κ2) is 5.52. The lowest BCUT2D eigenvalue weighted by Crippen LogP contribution is -2.15. The first-order valence-electron chi connectivity index (χ1n) is 5.83. The number of hydrogen-bond acceptors (Lipinski definition) is 5. The van der Waals surface area contributed by atoms with E-state index in [-0.39, 0.29) is 17.5 Å². The van der Waals surface area contributed by atoms with E-state index in [0.717, 1.165) is 0 Å². The first-order chi connectivity index (χ1) is 9.72. The molecule has 5 nitrogen and oxygen atoms in total. The highest BCUT2D eigenvalue weighted by atomic mass is 35.5. The van der Waals surface area contributed by atoms with Gasteiger partial charge >= 0.3 is 0 Å². The van der Waals surface area contributed by atoms with Gasteiger partial charge in [0, 0.05) is 11.6 Å². The number of carbonyl (C=O) groups excluding carboxylic acids is 1. The quantitative estimate of drug-likeness (QED) is 0.808. The molecule has 0 spiro atoms. The Morgan fingerprint density at radius 1 is 1.25 bits per heavy atom. The van der Waals surface area contributed by atoms with Crippen LogP contribution in [0.3, 0.4) is 0 Å². The highest BCUT2D eigenvalue weighted by Crippen LogP contribution is 2.18. The van der Waals surface area contributed by atoms with E-state index in [9.17, 15) is 4.79 Å². The van der Waals surface area contributed by atoms with Crippen LogP contribution < -0.4 is 5.32 Å². The van der Waals surface area contributed by atoms with Crippen LogP contribution >= 0.6 is 22.9 Å². The molecule has 0 saturated heterocycles. The van der Waals surface area contributed by atoms with Crippen molar-refractivity contribution in [2.75, 3.05) is 5.32 Å². The molecular weight excluding hydrogens is 296 g/mol. The van der Waals surface area contributed by atoms with Crippen molar-refractivity contribution in [1.82, 2.24) is 15.0 Å². The molecule has 1 N–H and O–H groups in total. The maximum Gasteiger partial charge on any atom is 0.232 e. The average molecular weight is 305 g/mol. The first kappa shape index (κ1) is 13.0. The smallest absolute Gasteiger partial charge is 0.232 e. The van der Waals surface area contributed by atoms with E-state index < -0.39 is 0 Å². The molecule has 0 unspecified atom stereocenters. The third-order valence-electron chi connectivity index (χ3n) is 2.60. The van der Waals surface area contributed by atoms with Crippen LogP contribution in [0.25, 0.3) is 11.0 Å². The molecule has 0 saturated carbocycles. The second-order valence-electron chi connectivity index (χ2n) is 4.01. The maximum absolute atomic E-state index is 11.9. The molecular formula is C13H9ClN4OS. The second-order valence-corrected chi connectivity index (χ2v) is 5.26. The summed E-state index contributed by atoms with van der Waals surface area (Å²) in [5.41, 5.74) is 1.88. The number of halogens is 1. The van der Waals surface area contributed by atoms with E-state index in [1.807, 2.05) is 24.3 Å². The predicted molar refractivity (Wildman–Crippen MR) is 79.0 cm³/mol. The molecule has 3 rings (SSSR count). The maximum atomic E-state index is 11.9. The summed E-state index contributed by atoms with van der Waals surface area (Å²) >= 11 is 7.42. The molecule has 100 valence electrons. The zero-order valence-corrected chi connectivity index (χ0v) is 11.8. The number of thiazole rings is 1. The molecule has 0 aliphatic carbocycles. The molecule has 7 heteroatoms. The van der Waals surface area contributed by atoms with Crippen molar-refractivity contribution >= 4 is 45.0 Å². The number of carbonyl (C=O) groups is 1. The van der Waals surface area contributed by atoms with Crippen molar-refractivity contribution in [2.45, 2.75) is 6.42 Å². The van der Waals surface area contributed by atoms with E-state index in [1.54, 1.807) is 11.6 Å². The van der Waals surface area contributed by atoms with Crippen molar-refractivity contribution in [3.63, 3.8) is 0 Å². The van der Waals surface area contributed by atoms with Crippen LogP contribution in [-0.2, 0) is 11.2 Å². The number of aromatic nitrogens is 3. The molecule has 0 aliphatic rings. The Labute approximate surface area is 123 Å². The van der Waals surface area contributed by atoms with E-state index in [0.29, 0.717) is 21.9 Å². The lowest BCUT2D eigenvalue weighted by atomic mass is 10.2. The minimum Gasteiger partial charge on any atom is -0.302 e. The number of hydrogen-bond donors (Lipinski definition) is 1. The molecule has 0 bridgehead atoms. The summed E-state index contributed by atoms with van der Waals surface area (Å²) in [6.45, 7) is 0. The lowest BCUT2D eigenvalue weighted by Gasteiger charge is -2.05. The Morgan fingerprint density at radius 2 is 2.00 bits per heavy atom. The number of nitrogens with one attached hydrogen (secondary N) is 1. The Balaban J connectivity index is 1.83. The average Bonchev–Trinajstić information content (AvgIpc) is 2.92. The van der Waals surface area contributed by atoms with Gasteiger partial charge in [-0.05, 0) is 12.1 Å². The predicted octanol–water partition coefficient (Wildman–Crippen LogP) is 2.92. The van der Waals surface area contributed by atoms with Crippen molar-refractivity contribution in [1.29, 1.82) is 0 Å². The number of nitrogens with zero attached hydrogens (tertiary/aromatic N) is 3. The normalized spacial score (nSPS) is 10.7. The SMILES string of the molecule is O=C(Cc1nc2ccccc2nc1Cl)Nc1nccs1. The standard InChI is InChI=1S/C13H9ClN4OS/c14-12-10(7-11(19)18-13-15-5-6-20-13)16-8-3-1-2-4-9(8)17-12/h1-6H,7H2,(H,15,18,19). The summed E-state index contributed by atoms with van der Waals surface area (Å²) in [5.74, 6) is -0.216. The van der Waals surface area contributed by atoms with Gasteiger partial charge in [-0.15, -0.1) is 11.3 Å². The fraction of sp³-hybridized carbons (Fsp3) is 0.0769. The van der Waals surface area contributed by atoms with Crippen molar-refractivity contribution in [2.24, 2.45) is 0 Å². The Bertz CT molecular complexity index is 760. The van der Waals surface area contributed by atoms with Crippen LogP contribution in [0.5, 0.6) is 0 Å². The molecule has 20 heavy (non-hydrogen) atoms.